The van der Waals surface area contributed by atoms with Gasteiger partial charge in [0.15, 0.2) is 0 Å². The molecule has 1 aromatic heterocycles. The van der Waals surface area contributed by atoms with E-state index in [9.17, 15) is 0 Å². The zero-order chi connectivity index (χ0) is 13.9. The van der Waals surface area contributed by atoms with E-state index < -0.39 is 0 Å². The Labute approximate surface area is 124 Å². The number of para-hydroxylation sites is 2. The molecule has 1 aliphatic rings. The molecule has 2 atom stereocenters. The first-order valence-corrected chi connectivity index (χ1v) is 7.81. The lowest BCUT2D eigenvalue weighted by atomic mass is 10.1. The van der Waals surface area contributed by atoms with Crippen LogP contribution in [-0.2, 0) is 0 Å². The van der Waals surface area contributed by atoms with Crippen molar-refractivity contribution in [2.24, 2.45) is 0 Å². The molecule has 0 saturated heterocycles. The number of aryl methyl sites for hydroxylation is 1. The summed E-state index contributed by atoms with van der Waals surface area (Å²) in [7, 11) is 0. The van der Waals surface area contributed by atoms with Gasteiger partial charge in [-0.1, -0.05) is 31.4 Å². The third-order valence-corrected chi connectivity index (χ3v) is 4.52. The van der Waals surface area contributed by atoms with Gasteiger partial charge >= 0.3 is 0 Å². The van der Waals surface area contributed by atoms with E-state index >= 15 is 0 Å². The van der Waals surface area contributed by atoms with Crippen molar-refractivity contribution in [1.29, 1.82) is 0 Å². The minimum atomic E-state index is 0.185. The Hall–Kier alpha value is -1.35. The molecule has 0 aliphatic heterocycles. The van der Waals surface area contributed by atoms with Crippen molar-refractivity contribution in [3.8, 4) is 0 Å². The lowest BCUT2D eigenvalue weighted by Crippen LogP contribution is -2.29. The third kappa shape index (κ3) is 2.88. The summed E-state index contributed by atoms with van der Waals surface area (Å²) >= 11 is 6.50. The fraction of sp³-hybridized carbons (Fsp3) is 0.500. The van der Waals surface area contributed by atoms with Crippen molar-refractivity contribution in [2.45, 2.75) is 50.4 Å². The highest BCUT2D eigenvalue weighted by Gasteiger charge is 2.22. The van der Waals surface area contributed by atoms with Crippen LogP contribution in [0, 0.1) is 6.92 Å². The minimum Gasteiger partial charge on any atom is -0.364 e. The molecule has 3 rings (SSSR count). The first-order chi connectivity index (χ1) is 9.74. The lowest BCUT2D eigenvalue weighted by Gasteiger charge is -2.22. The number of anilines is 1. The smallest absolute Gasteiger partial charge is 0.148 e. The van der Waals surface area contributed by atoms with Gasteiger partial charge in [-0.2, -0.15) is 0 Å². The summed E-state index contributed by atoms with van der Waals surface area (Å²) in [6, 6.07) is 8.27. The van der Waals surface area contributed by atoms with E-state index in [-0.39, 0.29) is 5.38 Å². The third-order valence-electron chi connectivity index (χ3n) is 4.00. The zero-order valence-corrected chi connectivity index (χ0v) is 12.5. The molecule has 0 bridgehead atoms. The van der Waals surface area contributed by atoms with Gasteiger partial charge in [-0.05, 0) is 31.9 Å². The summed E-state index contributed by atoms with van der Waals surface area (Å²) in [5, 5.41) is 3.71. The number of aromatic nitrogens is 2. The Bertz CT molecular complexity index is 599. The molecule has 3 nitrogen and oxygen atoms in total. The highest BCUT2D eigenvalue weighted by Crippen LogP contribution is 2.26. The van der Waals surface area contributed by atoms with E-state index in [2.05, 4.69) is 10.3 Å². The van der Waals surface area contributed by atoms with Gasteiger partial charge in [-0.25, -0.2) is 9.97 Å². The minimum absolute atomic E-state index is 0.185. The largest absolute Gasteiger partial charge is 0.364 e. The molecular formula is C16H20ClN3. The van der Waals surface area contributed by atoms with Gasteiger partial charge in [-0.15, -0.1) is 11.6 Å². The number of hydrogen-bond donors (Lipinski definition) is 1. The van der Waals surface area contributed by atoms with Crippen LogP contribution in [-0.4, -0.2) is 21.4 Å². The van der Waals surface area contributed by atoms with E-state index in [0.29, 0.717) is 6.04 Å². The Morgan fingerprint density at radius 2 is 1.75 bits per heavy atom. The molecule has 0 radical (unpaired) electrons. The monoisotopic (exact) mass is 289 g/mol. The van der Waals surface area contributed by atoms with E-state index in [4.69, 9.17) is 16.6 Å². The lowest BCUT2D eigenvalue weighted by molar-refractivity contribution is 0.624. The molecule has 0 amide bonds. The number of fused-ring (bicyclic) bond motifs is 1. The number of nitrogens with one attached hydrogen (secondary N) is 1. The van der Waals surface area contributed by atoms with E-state index in [1.54, 1.807) is 0 Å². The van der Waals surface area contributed by atoms with Crippen molar-refractivity contribution >= 4 is 28.5 Å². The van der Waals surface area contributed by atoms with Crippen LogP contribution in [0.25, 0.3) is 11.0 Å². The maximum Gasteiger partial charge on any atom is 0.148 e. The van der Waals surface area contributed by atoms with Gasteiger partial charge in [-0.3, -0.25) is 0 Å². The predicted octanol–water partition coefficient (Wildman–Crippen LogP) is 4.29. The molecule has 1 saturated carbocycles. The van der Waals surface area contributed by atoms with Crippen LogP contribution in [0.4, 0.5) is 5.82 Å². The molecular weight excluding hydrogens is 270 g/mol. The van der Waals surface area contributed by atoms with Crippen LogP contribution in [0.2, 0.25) is 0 Å². The zero-order valence-electron chi connectivity index (χ0n) is 11.8. The summed E-state index contributed by atoms with van der Waals surface area (Å²) in [5.41, 5.74) is 2.82. The maximum atomic E-state index is 6.50. The topological polar surface area (TPSA) is 37.8 Å². The number of nitrogens with zero attached hydrogens (tertiary/aromatic N) is 2. The first kappa shape index (κ1) is 13.6. The predicted molar refractivity (Wildman–Crippen MR) is 84.4 cm³/mol. The Morgan fingerprint density at radius 1 is 1.05 bits per heavy atom. The van der Waals surface area contributed by atoms with E-state index in [1.165, 1.54) is 19.3 Å². The Kier molecular flexibility index (Phi) is 4.06. The fourth-order valence-electron chi connectivity index (χ4n) is 2.83. The molecule has 1 heterocycles. The summed E-state index contributed by atoms with van der Waals surface area (Å²) in [6.45, 7) is 2.00. The molecule has 106 valence electrons. The fourth-order valence-corrected chi connectivity index (χ4v) is 3.17. The maximum absolute atomic E-state index is 6.50. The van der Waals surface area contributed by atoms with Crippen LogP contribution in [0.15, 0.2) is 24.3 Å². The second kappa shape index (κ2) is 5.96. The normalized spacial score (nSPS) is 23.5. The highest BCUT2D eigenvalue weighted by atomic mass is 35.5. The summed E-state index contributed by atoms with van der Waals surface area (Å²) < 4.78 is 0. The molecule has 1 fully saturated rings. The molecule has 2 unspecified atom stereocenters. The van der Waals surface area contributed by atoms with Crippen molar-refractivity contribution < 1.29 is 0 Å². The summed E-state index contributed by atoms with van der Waals surface area (Å²) in [5.74, 6) is 0.876. The second-order valence-electron chi connectivity index (χ2n) is 5.55. The van der Waals surface area contributed by atoms with Crippen LogP contribution in [0.5, 0.6) is 0 Å². The van der Waals surface area contributed by atoms with Crippen molar-refractivity contribution in [3.05, 3.63) is 30.0 Å². The molecule has 1 aliphatic carbocycles. The number of hydrogen-bond acceptors (Lipinski definition) is 3. The summed E-state index contributed by atoms with van der Waals surface area (Å²) in [4.78, 5) is 9.32. The van der Waals surface area contributed by atoms with Gasteiger partial charge in [0, 0.05) is 6.04 Å². The van der Waals surface area contributed by atoms with Gasteiger partial charge in [0.05, 0.1) is 22.1 Å². The number of rotatable bonds is 2. The SMILES string of the molecule is Cc1nc2ccccc2nc1NC1CCCCCC1Cl. The highest BCUT2D eigenvalue weighted by molar-refractivity contribution is 6.21. The number of halogens is 1. The van der Waals surface area contributed by atoms with Gasteiger partial charge in [0.1, 0.15) is 5.82 Å². The molecule has 2 aromatic rings. The molecule has 4 heteroatoms. The quantitative estimate of drug-likeness (QED) is 0.662. The Balaban J connectivity index is 1.87. The van der Waals surface area contributed by atoms with Crippen molar-refractivity contribution in [1.82, 2.24) is 9.97 Å². The molecule has 1 N–H and O–H groups in total. The van der Waals surface area contributed by atoms with Gasteiger partial charge in [0.25, 0.3) is 0 Å². The average molecular weight is 290 g/mol. The van der Waals surface area contributed by atoms with Crippen LogP contribution >= 0.6 is 11.6 Å². The summed E-state index contributed by atoms with van der Waals surface area (Å²) in [6.07, 6.45) is 5.95. The number of alkyl halides is 1. The van der Waals surface area contributed by atoms with Gasteiger partial charge < -0.3 is 5.32 Å². The Morgan fingerprint density at radius 3 is 2.55 bits per heavy atom. The van der Waals surface area contributed by atoms with Crippen LogP contribution in [0.3, 0.4) is 0 Å². The standard InChI is InChI=1S/C16H20ClN3/c1-11-16(19-13-8-4-2-3-7-12(13)17)20-15-10-6-5-9-14(15)18-11/h5-6,9-10,12-13H,2-4,7-8H2,1H3,(H,19,20). The van der Waals surface area contributed by atoms with Crippen molar-refractivity contribution in [2.75, 3.05) is 5.32 Å². The molecule has 0 spiro atoms. The van der Waals surface area contributed by atoms with Crippen LogP contribution < -0.4 is 5.32 Å². The van der Waals surface area contributed by atoms with E-state index in [1.807, 2.05) is 31.2 Å². The van der Waals surface area contributed by atoms with Crippen molar-refractivity contribution in [3.63, 3.8) is 0 Å². The first-order valence-electron chi connectivity index (χ1n) is 7.38. The molecule has 20 heavy (non-hydrogen) atoms. The molecule has 1 aromatic carbocycles. The number of benzene rings is 1. The second-order valence-corrected chi connectivity index (χ2v) is 6.11. The van der Waals surface area contributed by atoms with Crippen LogP contribution in [0.1, 0.15) is 37.8 Å². The average Bonchev–Trinajstić information content (AvgIpc) is 2.65. The van der Waals surface area contributed by atoms with E-state index in [0.717, 1.165) is 35.4 Å². The van der Waals surface area contributed by atoms with Gasteiger partial charge in [0.2, 0.25) is 0 Å².